The van der Waals surface area contributed by atoms with Gasteiger partial charge in [0.15, 0.2) is 11.5 Å². The number of aromatic nitrogens is 1. The zero-order valence-electron chi connectivity index (χ0n) is 13.8. The molecular formula is C20H16F2N2O2. The number of amides is 1. The molecule has 1 aliphatic rings. The molecule has 0 saturated heterocycles. The van der Waals surface area contributed by atoms with Crippen LogP contribution in [0.3, 0.4) is 0 Å². The topological polar surface area (TPSA) is 55.1 Å². The quantitative estimate of drug-likeness (QED) is 0.760. The summed E-state index contributed by atoms with van der Waals surface area (Å²) >= 11 is 0. The number of benzene rings is 2. The molecule has 1 saturated carbocycles. The maximum Gasteiger partial charge on any atom is 0.273 e. The summed E-state index contributed by atoms with van der Waals surface area (Å²) in [6.07, 6.45) is 1.38. The minimum Gasteiger partial charge on any atom is -0.355 e. The highest BCUT2D eigenvalue weighted by molar-refractivity contribution is 5.93. The molecule has 2 aromatic carbocycles. The summed E-state index contributed by atoms with van der Waals surface area (Å²) in [4.78, 5) is 12.3. The Balaban J connectivity index is 1.36. The fourth-order valence-electron chi connectivity index (χ4n) is 3.19. The molecule has 0 atom stereocenters. The van der Waals surface area contributed by atoms with Crippen molar-refractivity contribution in [2.24, 2.45) is 0 Å². The van der Waals surface area contributed by atoms with Crippen molar-refractivity contribution in [3.8, 4) is 11.3 Å². The number of carbonyl (C=O) groups excluding carboxylic acids is 1. The van der Waals surface area contributed by atoms with Crippen molar-refractivity contribution in [1.29, 1.82) is 0 Å². The molecule has 1 heterocycles. The van der Waals surface area contributed by atoms with Gasteiger partial charge in [0, 0.05) is 17.7 Å². The predicted molar refractivity (Wildman–Crippen MR) is 91.5 cm³/mol. The standard InChI is InChI=1S/C20H16F2N2O2/c21-14-7-5-12(6-8-14)19-11-18(24-26-19)20(25)23-15-9-13(10-15)16-3-1-2-4-17(16)22/h1-8,11,13,15H,9-10H2,(H,23,25). The van der Waals surface area contributed by atoms with Crippen molar-refractivity contribution in [2.75, 3.05) is 0 Å². The molecule has 3 aromatic rings. The molecular weight excluding hydrogens is 338 g/mol. The van der Waals surface area contributed by atoms with Gasteiger partial charge in [0.2, 0.25) is 0 Å². The van der Waals surface area contributed by atoms with Gasteiger partial charge in [-0.1, -0.05) is 23.4 Å². The van der Waals surface area contributed by atoms with E-state index in [-0.39, 0.29) is 35.2 Å². The van der Waals surface area contributed by atoms with E-state index in [4.69, 9.17) is 4.52 Å². The van der Waals surface area contributed by atoms with Gasteiger partial charge in [0.25, 0.3) is 5.91 Å². The largest absolute Gasteiger partial charge is 0.355 e. The van der Waals surface area contributed by atoms with Gasteiger partial charge in [-0.3, -0.25) is 4.79 Å². The van der Waals surface area contributed by atoms with Crippen molar-refractivity contribution >= 4 is 5.91 Å². The monoisotopic (exact) mass is 354 g/mol. The molecule has 4 rings (SSSR count). The first kappa shape index (κ1) is 16.4. The molecule has 1 fully saturated rings. The molecule has 1 aliphatic carbocycles. The van der Waals surface area contributed by atoms with Crippen LogP contribution in [0.1, 0.15) is 34.8 Å². The molecule has 4 nitrogen and oxygen atoms in total. The van der Waals surface area contributed by atoms with Crippen LogP contribution >= 0.6 is 0 Å². The van der Waals surface area contributed by atoms with Gasteiger partial charge in [-0.2, -0.15) is 0 Å². The Kier molecular flexibility index (Phi) is 4.24. The van der Waals surface area contributed by atoms with E-state index in [2.05, 4.69) is 10.5 Å². The summed E-state index contributed by atoms with van der Waals surface area (Å²) < 4.78 is 31.9. The van der Waals surface area contributed by atoms with Gasteiger partial charge in [0.05, 0.1) is 0 Å². The third-order valence-electron chi connectivity index (χ3n) is 4.69. The first-order valence-electron chi connectivity index (χ1n) is 8.38. The van der Waals surface area contributed by atoms with E-state index in [9.17, 15) is 13.6 Å². The molecule has 0 radical (unpaired) electrons. The van der Waals surface area contributed by atoms with Crippen LogP contribution in [0.2, 0.25) is 0 Å². The smallest absolute Gasteiger partial charge is 0.273 e. The summed E-state index contributed by atoms with van der Waals surface area (Å²) in [7, 11) is 0. The van der Waals surface area contributed by atoms with Crippen molar-refractivity contribution in [1.82, 2.24) is 10.5 Å². The number of carbonyl (C=O) groups is 1. The summed E-state index contributed by atoms with van der Waals surface area (Å²) in [5.41, 5.74) is 1.50. The molecule has 6 heteroatoms. The maximum atomic E-state index is 13.8. The fourth-order valence-corrected chi connectivity index (χ4v) is 3.19. The Morgan fingerprint density at radius 1 is 1.08 bits per heavy atom. The second kappa shape index (κ2) is 6.71. The first-order chi connectivity index (χ1) is 12.6. The molecule has 1 amide bonds. The SMILES string of the molecule is O=C(NC1CC(c2ccccc2F)C1)c1cc(-c2ccc(F)cc2)on1. The molecule has 1 aromatic heterocycles. The number of hydrogen-bond donors (Lipinski definition) is 1. The van der Waals surface area contributed by atoms with Crippen LogP contribution in [0.4, 0.5) is 8.78 Å². The molecule has 0 unspecified atom stereocenters. The molecule has 26 heavy (non-hydrogen) atoms. The van der Waals surface area contributed by atoms with Gasteiger partial charge < -0.3 is 9.84 Å². The van der Waals surface area contributed by atoms with Crippen molar-refractivity contribution in [2.45, 2.75) is 24.8 Å². The lowest BCUT2D eigenvalue weighted by molar-refractivity contribution is 0.0899. The summed E-state index contributed by atoms with van der Waals surface area (Å²) in [6.45, 7) is 0. The lowest BCUT2D eigenvalue weighted by atomic mass is 9.75. The lowest BCUT2D eigenvalue weighted by Crippen LogP contribution is -2.43. The number of nitrogens with one attached hydrogen (secondary N) is 1. The summed E-state index contributed by atoms with van der Waals surface area (Å²) in [5, 5.41) is 6.66. The van der Waals surface area contributed by atoms with Crippen LogP contribution in [0.25, 0.3) is 11.3 Å². The van der Waals surface area contributed by atoms with Crippen molar-refractivity contribution in [3.05, 3.63) is 77.5 Å². The Bertz CT molecular complexity index is 931. The molecule has 0 spiro atoms. The van der Waals surface area contributed by atoms with E-state index in [1.165, 1.54) is 24.3 Å². The number of nitrogens with zero attached hydrogens (tertiary/aromatic N) is 1. The average Bonchev–Trinajstić information content (AvgIpc) is 3.09. The fraction of sp³-hybridized carbons (Fsp3) is 0.200. The number of halogens is 2. The van der Waals surface area contributed by atoms with Crippen LogP contribution in [-0.4, -0.2) is 17.1 Å². The third kappa shape index (κ3) is 3.22. The first-order valence-corrected chi connectivity index (χ1v) is 8.38. The highest BCUT2D eigenvalue weighted by atomic mass is 19.1. The number of hydrogen-bond acceptors (Lipinski definition) is 3. The Morgan fingerprint density at radius 3 is 2.54 bits per heavy atom. The van der Waals surface area contributed by atoms with Gasteiger partial charge in [-0.15, -0.1) is 0 Å². The second-order valence-electron chi connectivity index (χ2n) is 6.44. The van der Waals surface area contributed by atoms with E-state index >= 15 is 0 Å². The minimum absolute atomic E-state index is 0.0157. The van der Waals surface area contributed by atoms with Crippen LogP contribution in [0.15, 0.2) is 59.1 Å². The predicted octanol–water partition coefficient (Wildman–Crippen LogP) is 4.30. The van der Waals surface area contributed by atoms with Crippen LogP contribution in [-0.2, 0) is 0 Å². The van der Waals surface area contributed by atoms with Gasteiger partial charge in [-0.05, 0) is 54.7 Å². The molecule has 0 bridgehead atoms. The van der Waals surface area contributed by atoms with E-state index in [0.717, 1.165) is 0 Å². The Morgan fingerprint density at radius 2 is 1.81 bits per heavy atom. The minimum atomic E-state index is -0.347. The van der Waals surface area contributed by atoms with Crippen LogP contribution < -0.4 is 5.32 Å². The Hall–Kier alpha value is -3.02. The summed E-state index contributed by atoms with van der Waals surface area (Å²) in [5.74, 6) is -0.371. The highest BCUT2D eigenvalue weighted by Gasteiger charge is 2.33. The normalized spacial score (nSPS) is 19.0. The van der Waals surface area contributed by atoms with E-state index in [1.54, 1.807) is 24.3 Å². The Labute approximate surface area is 148 Å². The van der Waals surface area contributed by atoms with Gasteiger partial charge in [0.1, 0.15) is 11.6 Å². The van der Waals surface area contributed by atoms with Gasteiger partial charge in [-0.25, -0.2) is 8.78 Å². The lowest BCUT2D eigenvalue weighted by Gasteiger charge is -2.36. The molecule has 1 N–H and O–H groups in total. The second-order valence-corrected chi connectivity index (χ2v) is 6.44. The van der Waals surface area contributed by atoms with Crippen LogP contribution in [0, 0.1) is 11.6 Å². The van der Waals surface area contributed by atoms with Crippen LogP contribution in [0.5, 0.6) is 0 Å². The molecule has 0 aliphatic heterocycles. The zero-order chi connectivity index (χ0) is 18.1. The van der Waals surface area contributed by atoms with E-state index in [0.29, 0.717) is 29.7 Å². The van der Waals surface area contributed by atoms with Gasteiger partial charge >= 0.3 is 0 Å². The van der Waals surface area contributed by atoms with E-state index in [1.807, 2.05) is 6.07 Å². The highest BCUT2D eigenvalue weighted by Crippen LogP contribution is 2.38. The zero-order valence-corrected chi connectivity index (χ0v) is 13.8. The van der Waals surface area contributed by atoms with Crippen molar-refractivity contribution in [3.63, 3.8) is 0 Å². The average molecular weight is 354 g/mol. The molecule has 132 valence electrons. The maximum absolute atomic E-state index is 13.8. The van der Waals surface area contributed by atoms with Crippen molar-refractivity contribution < 1.29 is 18.1 Å². The summed E-state index contributed by atoms with van der Waals surface area (Å²) in [6, 6.07) is 14.0. The van der Waals surface area contributed by atoms with E-state index < -0.39 is 0 Å². The number of rotatable bonds is 4. The third-order valence-corrected chi connectivity index (χ3v) is 4.69.